The molecular formula is C20H29FN2O. The molecule has 1 saturated carbocycles. The first-order valence-electron chi connectivity index (χ1n) is 9.53. The second kappa shape index (κ2) is 6.55. The molecule has 2 atom stereocenters. The molecule has 1 N–H and O–H groups in total. The lowest BCUT2D eigenvalue weighted by Crippen LogP contribution is -2.44. The smallest absolute Gasteiger partial charge is 0.143 e. The number of fused-ring (bicyclic) bond motifs is 2. The van der Waals surface area contributed by atoms with Crippen molar-refractivity contribution in [3.63, 3.8) is 0 Å². The van der Waals surface area contributed by atoms with E-state index in [9.17, 15) is 4.39 Å². The van der Waals surface area contributed by atoms with E-state index >= 15 is 0 Å². The molecule has 3 nitrogen and oxygen atoms in total. The van der Waals surface area contributed by atoms with Crippen molar-refractivity contribution in [3.8, 4) is 5.75 Å². The number of nitrogens with one attached hydrogen (secondary N) is 1. The minimum atomic E-state index is -0.257. The van der Waals surface area contributed by atoms with Crippen LogP contribution in [0.25, 0.3) is 0 Å². The van der Waals surface area contributed by atoms with E-state index in [-0.39, 0.29) is 12.6 Å². The molecule has 24 heavy (non-hydrogen) atoms. The molecule has 132 valence electrons. The van der Waals surface area contributed by atoms with Crippen LogP contribution in [0.1, 0.15) is 49.3 Å². The van der Waals surface area contributed by atoms with E-state index in [0.29, 0.717) is 18.6 Å². The van der Waals surface area contributed by atoms with E-state index in [4.69, 9.17) is 4.74 Å². The van der Waals surface area contributed by atoms with E-state index in [1.54, 1.807) is 5.56 Å². The summed E-state index contributed by atoms with van der Waals surface area (Å²) in [7, 11) is 0. The molecule has 0 unspecified atom stereocenters. The Morgan fingerprint density at radius 2 is 2.12 bits per heavy atom. The van der Waals surface area contributed by atoms with Crippen molar-refractivity contribution in [1.29, 1.82) is 0 Å². The predicted octanol–water partition coefficient (Wildman–Crippen LogP) is 3.45. The third kappa shape index (κ3) is 2.90. The van der Waals surface area contributed by atoms with Crippen LogP contribution in [0.2, 0.25) is 0 Å². The fourth-order valence-corrected chi connectivity index (χ4v) is 4.24. The number of ether oxygens (including phenoxy) is 1. The summed E-state index contributed by atoms with van der Waals surface area (Å²) in [6, 6.07) is 2.59. The monoisotopic (exact) mass is 332 g/mol. The van der Waals surface area contributed by atoms with E-state index in [0.717, 1.165) is 38.2 Å². The molecule has 0 amide bonds. The molecule has 2 aliphatic heterocycles. The van der Waals surface area contributed by atoms with Gasteiger partial charge in [-0.1, -0.05) is 6.92 Å². The van der Waals surface area contributed by atoms with Crippen LogP contribution in [0.4, 0.5) is 10.1 Å². The lowest BCUT2D eigenvalue weighted by atomic mass is 9.90. The van der Waals surface area contributed by atoms with Crippen LogP contribution in [0.15, 0.2) is 6.07 Å². The van der Waals surface area contributed by atoms with Crippen molar-refractivity contribution < 1.29 is 9.13 Å². The van der Waals surface area contributed by atoms with Crippen molar-refractivity contribution in [2.24, 2.45) is 5.92 Å². The Hall–Kier alpha value is -1.29. The highest BCUT2D eigenvalue weighted by atomic mass is 19.1. The average Bonchev–Trinajstić information content (AvgIpc) is 3.42. The Morgan fingerprint density at radius 3 is 2.88 bits per heavy atom. The number of anilines is 1. The largest absolute Gasteiger partial charge is 0.489 e. The van der Waals surface area contributed by atoms with Crippen LogP contribution in [0, 0.1) is 5.92 Å². The third-order valence-corrected chi connectivity index (χ3v) is 5.69. The minimum absolute atomic E-state index is 0.0610. The summed E-state index contributed by atoms with van der Waals surface area (Å²) in [5.41, 5.74) is 5.84. The van der Waals surface area contributed by atoms with Crippen LogP contribution in [0.3, 0.4) is 0 Å². The van der Waals surface area contributed by atoms with Crippen LogP contribution in [-0.2, 0) is 12.8 Å². The molecule has 0 aromatic heterocycles. The number of rotatable bonds is 4. The molecule has 0 radical (unpaired) electrons. The standard InChI is InChI=1S/C20H29FN2O/c1-13(10-21)11-23-14(2)12-24-18-9-16-5-7-22-8-6-17(16)19(20(18)23)15-3-4-15/h9,13-15,22H,3-8,10-12H2,1-2H3/t13-,14-/m0/s1. The van der Waals surface area contributed by atoms with Gasteiger partial charge in [0, 0.05) is 12.5 Å². The first-order chi connectivity index (χ1) is 11.7. The van der Waals surface area contributed by atoms with E-state index < -0.39 is 0 Å². The zero-order chi connectivity index (χ0) is 16.7. The number of halogens is 1. The Balaban J connectivity index is 1.83. The van der Waals surface area contributed by atoms with Gasteiger partial charge in [0.05, 0.1) is 18.4 Å². The first kappa shape index (κ1) is 16.2. The fourth-order valence-electron chi connectivity index (χ4n) is 4.24. The van der Waals surface area contributed by atoms with Gasteiger partial charge in [-0.2, -0.15) is 0 Å². The first-order valence-corrected chi connectivity index (χ1v) is 9.53. The number of hydrogen-bond donors (Lipinski definition) is 1. The zero-order valence-electron chi connectivity index (χ0n) is 14.9. The van der Waals surface area contributed by atoms with Gasteiger partial charge < -0.3 is 15.0 Å². The predicted molar refractivity (Wildman–Crippen MR) is 96.1 cm³/mol. The van der Waals surface area contributed by atoms with Gasteiger partial charge in [-0.05, 0) is 74.4 Å². The fraction of sp³-hybridized carbons (Fsp3) is 0.700. The maximum atomic E-state index is 13.2. The number of benzene rings is 1. The summed E-state index contributed by atoms with van der Waals surface area (Å²) < 4.78 is 19.3. The summed E-state index contributed by atoms with van der Waals surface area (Å²) in [5, 5.41) is 3.53. The van der Waals surface area contributed by atoms with Crippen molar-refractivity contribution in [2.75, 3.05) is 37.8 Å². The number of hydrogen-bond acceptors (Lipinski definition) is 3. The third-order valence-electron chi connectivity index (χ3n) is 5.69. The highest BCUT2D eigenvalue weighted by Crippen LogP contribution is 2.52. The summed E-state index contributed by atoms with van der Waals surface area (Å²) in [4.78, 5) is 2.44. The summed E-state index contributed by atoms with van der Waals surface area (Å²) in [6.07, 6.45) is 4.77. The van der Waals surface area contributed by atoms with Crippen LogP contribution in [-0.4, -0.2) is 39.0 Å². The van der Waals surface area contributed by atoms with Gasteiger partial charge in [0.15, 0.2) is 0 Å². The van der Waals surface area contributed by atoms with E-state index in [1.165, 1.54) is 29.7 Å². The number of alkyl halides is 1. The number of nitrogens with zero attached hydrogens (tertiary/aromatic N) is 1. The molecule has 1 aromatic carbocycles. The maximum absolute atomic E-state index is 13.2. The molecule has 1 aromatic rings. The topological polar surface area (TPSA) is 24.5 Å². The maximum Gasteiger partial charge on any atom is 0.143 e. The molecule has 1 aliphatic carbocycles. The Kier molecular flexibility index (Phi) is 4.42. The molecular weight excluding hydrogens is 303 g/mol. The molecule has 2 heterocycles. The van der Waals surface area contributed by atoms with Crippen LogP contribution in [0.5, 0.6) is 5.75 Å². The SMILES string of the molecule is C[C@@H](CF)CN1c2c(cc3c(c2C2CC2)CCNCC3)OC[C@@H]1C. The highest BCUT2D eigenvalue weighted by molar-refractivity contribution is 5.71. The minimum Gasteiger partial charge on any atom is -0.489 e. The molecule has 3 aliphatic rings. The summed E-state index contributed by atoms with van der Waals surface area (Å²) >= 11 is 0. The van der Waals surface area contributed by atoms with Crippen molar-refractivity contribution in [3.05, 3.63) is 22.8 Å². The Bertz CT molecular complexity index is 614. The van der Waals surface area contributed by atoms with Crippen molar-refractivity contribution in [1.82, 2.24) is 5.32 Å². The molecule has 4 rings (SSSR count). The Labute approximate surface area is 144 Å². The van der Waals surface area contributed by atoms with Crippen molar-refractivity contribution >= 4 is 5.69 Å². The summed E-state index contributed by atoms with van der Waals surface area (Å²) in [6.45, 7) is 7.55. The molecule has 0 bridgehead atoms. The van der Waals surface area contributed by atoms with Gasteiger partial charge in [0.2, 0.25) is 0 Å². The quantitative estimate of drug-likeness (QED) is 0.914. The van der Waals surface area contributed by atoms with Gasteiger partial charge in [0.1, 0.15) is 12.4 Å². The molecule has 4 heteroatoms. The highest BCUT2D eigenvalue weighted by Gasteiger charge is 2.37. The van der Waals surface area contributed by atoms with Gasteiger partial charge in [-0.15, -0.1) is 0 Å². The second-order valence-electron chi connectivity index (χ2n) is 7.87. The van der Waals surface area contributed by atoms with Gasteiger partial charge >= 0.3 is 0 Å². The zero-order valence-corrected chi connectivity index (χ0v) is 14.9. The van der Waals surface area contributed by atoms with Crippen LogP contribution < -0.4 is 15.0 Å². The molecule has 0 spiro atoms. The normalized spacial score (nSPS) is 24.6. The van der Waals surface area contributed by atoms with E-state index in [2.05, 4.69) is 23.2 Å². The lowest BCUT2D eigenvalue weighted by Gasteiger charge is -2.40. The van der Waals surface area contributed by atoms with Gasteiger partial charge in [-0.25, -0.2) is 0 Å². The van der Waals surface area contributed by atoms with Crippen molar-refractivity contribution in [2.45, 2.75) is 51.5 Å². The second-order valence-corrected chi connectivity index (χ2v) is 7.87. The Morgan fingerprint density at radius 1 is 1.33 bits per heavy atom. The van der Waals surface area contributed by atoms with Gasteiger partial charge in [0.25, 0.3) is 0 Å². The van der Waals surface area contributed by atoms with Crippen LogP contribution >= 0.6 is 0 Å². The molecule has 0 saturated heterocycles. The summed E-state index contributed by atoms with van der Waals surface area (Å²) in [5.74, 6) is 1.79. The lowest BCUT2D eigenvalue weighted by molar-refractivity contribution is 0.260. The van der Waals surface area contributed by atoms with Gasteiger partial charge in [-0.3, -0.25) is 4.39 Å². The average molecular weight is 332 g/mol. The van der Waals surface area contributed by atoms with E-state index in [1.807, 2.05) is 6.92 Å². The molecule has 1 fully saturated rings.